The molecule has 0 spiro atoms. The van der Waals surface area contributed by atoms with Gasteiger partial charge in [-0.15, -0.1) is 0 Å². The maximum atomic E-state index is 12.9. The Morgan fingerprint density at radius 2 is 1.84 bits per heavy atom. The highest BCUT2D eigenvalue weighted by Gasteiger charge is 2.20. The minimum absolute atomic E-state index is 0.0781. The first-order valence-electron chi connectivity index (χ1n) is 15.6. The Balaban J connectivity index is 0.00000188. The molecule has 44 heavy (non-hydrogen) atoms. The molecular weight excluding hydrogens is 554 g/mol. The van der Waals surface area contributed by atoms with E-state index in [4.69, 9.17) is 9.15 Å². The number of hydrogen-bond donors (Lipinski definition) is 1. The zero-order valence-electron chi connectivity index (χ0n) is 26.1. The van der Waals surface area contributed by atoms with Crippen LogP contribution in [0.1, 0.15) is 64.1 Å². The molecule has 1 aliphatic carbocycles. The van der Waals surface area contributed by atoms with Crippen molar-refractivity contribution in [1.29, 1.82) is 0 Å². The van der Waals surface area contributed by atoms with Crippen LogP contribution in [0.4, 0.5) is 17.7 Å². The molecule has 6 rings (SSSR count). The van der Waals surface area contributed by atoms with Gasteiger partial charge in [0.25, 0.3) is 0 Å². The number of fused-ring (bicyclic) bond motifs is 1. The van der Waals surface area contributed by atoms with Crippen LogP contribution in [0.5, 0.6) is 0 Å². The molecule has 9 heteroatoms. The lowest BCUT2D eigenvalue weighted by Gasteiger charge is -2.27. The van der Waals surface area contributed by atoms with Crippen molar-refractivity contribution in [3.05, 3.63) is 75.8 Å². The van der Waals surface area contributed by atoms with Crippen LogP contribution in [0, 0.1) is 12.8 Å². The Hall–Kier alpha value is -4.37. The summed E-state index contributed by atoms with van der Waals surface area (Å²) in [5.74, 6) is 2.26. The molecule has 0 amide bonds. The average molecular weight is 596 g/mol. The van der Waals surface area contributed by atoms with Crippen LogP contribution in [0.15, 0.2) is 63.6 Å². The number of ether oxygens (including phenoxy) is 1. The fourth-order valence-corrected chi connectivity index (χ4v) is 5.77. The third-order valence-corrected chi connectivity index (χ3v) is 8.16. The number of para-hydroxylation sites is 1. The average Bonchev–Trinajstić information content (AvgIpc) is 3.57. The normalized spacial score (nSPS) is 15.6. The zero-order chi connectivity index (χ0) is 31.1. The first kappa shape index (κ1) is 31.1. The van der Waals surface area contributed by atoms with Crippen molar-refractivity contribution < 1.29 is 13.9 Å². The minimum Gasteiger partial charge on any atom is -0.440 e. The Morgan fingerprint density at radius 3 is 2.52 bits per heavy atom. The molecule has 0 unspecified atom stereocenters. The second kappa shape index (κ2) is 14.4. The number of aromatic nitrogens is 3. The standard InChI is InChI=1S/C33H35N5O4.C2H6/c1-21-26(17-25(22(2)39)16-23-6-3-4-7-23)20-35-33(36-21)37-30-11-10-24(19-34-30)27-8-5-9-28-29(40)18-31(42-32(27)28)38-12-14-41-15-13-38;1-2/h5,8-11,17-20,23H,3-4,6-7,12-16H2,1-2H3,(H,34,35,36,37);1-2H3/b25-17+;. The molecule has 4 heterocycles. The van der Waals surface area contributed by atoms with E-state index >= 15 is 0 Å². The highest BCUT2D eigenvalue weighted by atomic mass is 16.5. The van der Waals surface area contributed by atoms with Crippen LogP contribution >= 0.6 is 0 Å². The summed E-state index contributed by atoms with van der Waals surface area (Å²) in [5.41, 5.74) is 4.55. The number of aryl methyl sites for hydroxylation is 1. The van der Waals surface area contributed by atoms with Gasteiger partial charge >= 0.3 is 0 Å². The maximum Gasteiger partial charge on any atom is 0.228 e. The first-order chi connectivity index (χ1) is 21.4. The van der Waals surface area contributed by atoms with E-state index in [2.05, 4.69) is 20.3 Å². The molecular formula is C35H41N5O4. The molecule has 1 N–H and O–H groups in total. The minimum atomic E-state index is -0.0781. The van der Waals surface area contributed by atoms with E-state index in [-0.39, 0.29) is 11.2 Å². The van der Waals surface area contributed by atoms with Crippen molar-refractivity contribution in [2.24, 2.45) is 5.92 Å². The second-order valence-electron chi connectivity index (χ2n) is 11.1. The molecule has 1 aliphatic heterocycles. The molecule has 230 valence electrons. The smallest absolute Gasteiger partial charge is 0.228 e. The van der Waals surface area contributed by atoms with Crippen LogP contribution in [0.2, 0.25) is 0 Å². The molecule has 1 aromatic carbocycles. The third-order valence-electron chi connectivity index (χ3n) is 8.16. The van der Waals surface area contributed by atoms with Crippen LogP contribution in [-0.4, -0.2) is 47.0 Å². The van der Waals surface area contributed by atoms with Crippen molar-refractivity contribution in [3.8, 4) is 11.1 Å². The molecule has 2 fully saturated rings. The van der Waals surface area contributed by atoms with Gasteiger partial charge in [-0.1, -0.05) is 51.7 Å². The molecule has 0 bridgehead atoms. The number of rotatable bonds is 8. The summed E-state index contributed by atoms with van der Waals surface area (Å²) in [4.78, 5) is 40.9. The molecule has 1 saturated carbocycles. The third kappa shape index (κ3) is 7.22. The number of anilines is 3. The molecule has 0 atom stereocenters. The number of pyridine rings is 1. The first-order valence-corrected chi connectivity index (χ1v) is 15.6. The Morgan fingerprint density at radius 1 is 1.07 bits per heavy atom. The number of allylic oxidation sites excluding steroid dienone is 1. The molecule has 0 radical (unpaired) electrons. The van der Waals surface area contributed by atoms with E-state index in [1.807, 2.05) is 56.0 Å². The van der Waals surface area contributed by atoms with Gasteiger partial charge in [0.1, 0.15) is 11.4 Å². The van der Waals surface area contributed by atoms with E-state index in [9.17, 15) is 9.59 Å². The van der Waals surface area contributed by atoms with E-state index in [1.54, 1.807) is 31.5 Å². The van der Waals surface area contributed by atoms with Gasteiger partial charge in [-0.2, -0.15) is 0 Å². The topological polar surface area (TPSA) is 110 Å². The number of nitrogens with one attached hydrogen (secondary N) is 1. The van der Waals surface area contributed by atoms with Crippen molar-refractivity contribution in [2.75, 3.05) is 36.5 Å². The SMILES string of the molecule is CC.CC(=O)/C(=C/c1cnc(Nc2ccc(-c3cccc4c(=O)cc(N5CCOCC5)oc34)cn2)nc1C)CC1CCCC1. The van der Waals surface area contributed by atoms with Crippen LogP contribution < -0.4 is 15.6 Å². The number of Topliss-reactive ketones (excluding diaryl/α,β-unsaturated/α-hetero) is 1. The van der Waals surface area contributed by atoms with Crippen molar-refractivity contribution in [2.45, 2.75) is 59.8 Å². The predicted molar refractivity (Wildman–Crippen MR) is 175 cm³/mol. The number of benzene rings is 1. The quantitative estimate of drug-likeness (QED) is 0.213. The van der Waals surface area contributed by atoms with Gasteiger partial charge in [0.05, 0.1) is 24.3 Å². The number of nitrogens with zero attached hydrogens (tertiary/aromatic N) is 4. The van der Waals surface area contributed by atoms with Crippen molar-refractivity contribution >= 4 is 40.5 Å². The largest absolute Gasteiger partial charge is 0.440 e. The number of hydrogen-bond acceptors (Lipinski definition) is 9. The van der Waals surface area contributed by atoms with Gasteiger partial charge < -0.3 is 19.4 Å². The van der Waals surface area contributed by atoms with E-state index in [1.165, 1.54) is 25.7 Å². The summed E-state index contributed by atoms with van der Waals surface area (Å²) in [6.45, 7) is 10.1. The molecule has 4 aromatic rings. The molecule has 9 nitrogen and oxygen atoms in total. The summed E-state index contributed by atoms with van der Waals surface area (Å²) in [7, 11) is 0. The summed E-state index contributed by atoms with van der Waals surface area (Å²) in [6.07, 6.45) is 11.1. The maximum absolute atomic E-state index is 12.9. The van der Waals surface area contributed by atoms with Gasteiger partial charge in [-0.05, 0) is 56.0 Å². The number of carbonyl (C=O) groups is 1. The fraction of sp³-hybridized carbons (Fsp3) is 0.400. The second-order valence-corrected chi connectivity index (χ2v) is 11.1. The lowest BCUT2D eigenvalue weighted by Crippen LogP contribution is -2.36. The summed E-state index contributed by atoms with van der Waals surface area (Å²) in [6, 6.07) is 10.9. The number of morpholine rings is 1. The van der Waals surface area contributed by atoms with Gasteiger partial charge in [-0.3, -0.25) is 9.59 Å². The summed E-state index contributed by atoms with van der Waals surface area (Å²) < 4.78 is 11.7. The highest BCUT2D eigenvalue weighted by molar-refractivity contribution is 5.98. The number of carbonyl (C=O) groups excluding carboxylic acids is 1. The lowest BCUT2D eigenvalue weighted by atomic mass is 9.94. The van der Waals surface area contributed by atoms with Gasteiger partial charge in [0, 0.05) is 48.2 Å². The van der Waals surface area contributed by atoms with Crippen LogP contribution in [-0.2, 0) is 9.53 Å². The van der Waals surface area contributed by atoms with E-state index in [0.29, 0.717) is 60.8 Å². The van der Waals surface area contributed by atoms with E-state index in [0.717, 1.165) is 34.4 Å². The molecule has 3 aromatic heterocycles. The summed E-state index contributed by atoms with van der Waals surface area (Å²) in [5, 5.41) is 3.70. The van der Waals surface area contributed by atoms with Crippen LogP contribution in [0.25, 0.3) is 28.2 Å². The Kier molecular flexibility index (Phi) is 10.2. The fourth-order valence-electron chi connectivity index (χ4n) is 5.77. The monoisotopic (exact) mass is 595 g/mol. The van der Waals surface area contributed by atoms with Crippen LogP contribution in [0.3, 0.4) is 0 Å². The van der Waals surface area contributed by atoms with Gasteiger partial charge in [0.15, 0.2) is 17.1 Å². The van der Waals surface area contributed by atoms with Crippen molar-refractivity contribution in [3.63, 3.8) is 0 Å². The lowest BCUT2D eigenvalue weighted by molar-refractivity contribution is -0.113. The van der Waals surface area contributed by atoms with E-state index < -0.39 is 0 Å². The highest BCUT2D eigenvalue weighted by Crippen LogP contribution is 2.32. The Labute approximate surface area is 258 Å². The Bertz CT molecular complexity index is 1680. The molecule has 2 aliphatic rings. The predicted octanol–water partition coefficient (Wildman–Crippen LogP) is 7.11. The number of ketones is 1. The van der Waals surface area contributed by atoms with Gasteiger partial charge in [-0.25, -0.2) is 15.0 Å². The molecule has 1 saturated heterocycles. The van der Waals surface area contributed by atoms with Crippen molar-refractivity contribution in [1.82, 2.24) is 15.0 Å². The zero-order valence-corrected chi connectivity index (χ0v) is 26.1. The summed E-state index contributed by atoms with van der Waals surface area (Å²) >= 11 is 0. The van der Waals surface area contributed by atoms with Gasteiger partial charge in [0.2, 0.25) is 5.95 Å².